The van der Waals surface area contributed by atoms with Crippen LogP contribution in [0, 0.1) is 0 Å². The Hall–Kier alpha value is -2.93. The molecule has 8 heteroatoms. The minimum absolute atomic E-state index is 0.00690. The maximum Gasteiger partial charge on any atom is 0.138 e. The largest absolute Gasteiger partial charge is 0.508 e. The van der Waals surface area contributed by atoms with Crippen LogP contribution in [0.5, 0.6) is 17.2 Å². The van der Waals surface area contributed by atoms with Crippen LogP contribution in [0.25, 0.3) is 0 Å². The van der Waals surface area contributed by atoms with Crippen LogP contribution in [0.2, 0.25) is 5.02 Å². The summed E-state index contributed by atoms with van der Waals surface area (Å²) in [5, 5.41) is 37.6. The summed E-state index contributed by atoms with van der Waals surface area (Å²) in [6, 6.07) is 8.18. The second-order valence-corrected chi connectivity index (χ2v) is 5.31. The van der Waals surface area contributed by atoms with Gasteiger partial charge in [0.15, 0.2) is 0 Å². The summed E-state index contributed by atoms with van der Waals surface area (Å²) in [6.07, 6.45) is 2.87. The molecule has 0 aliphatic rings. The second kappa shape index (κ2) is 6.05. The molecular weight excluding hydrogens is 320 g/mol. The molecule has 0 radical (unpaired) electrons. The van der Waals surface area contributed by atoms with Crippen LogP contribution >= 0.6 is 11.6 Å². The van der Waals surface area contributed by atoms with E-state index in [2.05, 4.69) is 15.6 Å². The van der Waals surface area contributed by atoms with Crippen molar-refractivity contribution in [2.24, 2.45) is 0 Å². The number of halogens is 1. The lowest BCUT2D eigenvalue weighted by molar-refractivity contribution is 0.441. The van der Waals surface area contributed by atoms with Gasteiger partial charge in [-0.2, -0.15) is 0 Å². The van der Waals surface area contributed by atoms with Crippen molar-refractivity contribution in [3.63, 3.8) is 0 Å². The van der Waals surface area contributed by atoms with Gasteiger partial charge in [-0.3, -0.25) is 0 Å². The molecule has 1 heterocycles. The molecule has 2 aromatic carbocycles. The Bertz CT molecular complexity index is 824. The standard InChI is InChI=1S/C15H13ClN4O3/c16-9-1-4-13(22)12(5-9)15(19-20-7-17-18-8-20)11-3-2-10(21)6-14(11)23/h1-8,15,19,21-23H/t15-/m0/s1. The smallest absolute Gasteiger partial charge is 0.138 e. The van der Waals surface area contributed by atoms with Crippen LogP contribution in [0.4, 0.5) is 0 Å². The number of hydrogen-bond acceptors (Lipinski definition) is 6. The number of nitrogens with one attached hydrogen (secondary N) is 1. The lowest BCUT2D eigenvalue weighted by Gasteiger charge is -2.22. The van der Waals surface area contributed by atoms with E-state index >= 15 is 0 Å². The van der Waals surface area contributed by atoms with Crippen LogP contribution in [0.1, 0.15) is 17.2 Å². The normalized spacial score (nSPS) is 12.0. The number of rotatable bonds is 4. The van der Waals surface area contributed by atoms with E-state index < -0.39 is 6.04 Å². The average molecular weight is 333 g/mol. The first kappa shape index (κ1) is 15.0. The quantitative estimate of drug-likeness (QED) is 0.585. The van der Waals surface area contributed by atoms with Crippen molar-refractivity contribution in [2.45, 2.75) is 6.04 Å². The van der Waals surface area contributed by atoms with E-state index in [1.807, 2.05) is 0 Å². The molecule has 0 aliphatic carbocycles. The Morgan fingerprint density at radius 3 is 2.35 bits per heavy atom. The van der Waals surface area contributed by atoms with Crippen molar-refractivity contribution in [3.05, 3.63) is 65.2 Å². The molecular formula is C15H13ClN4O3. The van der Waals surface area contributed by atoms with Gasteiger partial charge >= 0.3 is 0 Å². The van der Waals surface area contributed by atoms with Gasteiger partial charge in [0.05, 0.1) is 6.04 Å². The molecule has 1 atom stereocenters. The average Bonchev–Trinajstić information content (AvgIpc) is 3.01. The van der Waals surface area contributed by atoms with E-state index in [9.17, 15) is 15.3 Å². The summed E-state index contributed by atoms with van der Waals surface area (Å²) in [6.45, 7) is 0. The Labute approximate surface area is 136 Å². The van der Waals surface area contributed by atoms with Gasteiger partial charge in [0.25, 0.3) is 0 Å². The maximum atomic E-state index is 10.2. The molecule has 0 saturated carbocycles. The SMILES string of the molecule is Oc1ccc([C@H](Nn2cnnc2)c2cc(Cl)ccc2O)c(O)c1. The van der Waals surface area contributed by atoms with Gasteiger partial charge in [0, 0.05) is 22.2 Å². The molecule has 0 saturated heterocycles. The number of phenolic OH excluding ortho intramolecular Hbond substituents is 3. The highest BCUT2D eigenvalue weighted by atomic mass is 35.5. The third-order valence-corrected chi connectivity index (χ3v) is 3.56. The fraction of sp³-hybridized carbons (Fsp3) is 0.0667. The summed E-state index contributed by atoms with van der Waals surface area (Å²) in [7, 11) is 0. The van der Waals surface area contributed by atoms with Gasteiger partial charge in [-0.05, 0) is 30.3 Å². The Kier molecular flexibility index (Phi) is 3.94. The molecule has 0 fully saturated rings. The van der Waals surface area contributed by atoms with E-state index in [0.29, 0.717) is 16.1 Å². The summed E-state index contributed by atoms with van der Waals surface area (Å²) >= 11 is 6.02. The van der Waals surface area contributed by atoms with Crippen LogP contribution in [-0.2, 0) is 0 Å². The first-order chi connectivity index (χ1) is 11.0. The Morgan fingerprint density at radius 1 is 0.913 bits per heavy atom. The lowest BCUT2D eigenvalue weighted by Crippen LogP contribution is -2.21. The van der Waals surface area contributed by atoms with Crippen molar-refractivity contribution in [3.8, 4) is 17.2 Å². The van der Waals surface area contributed by atoms with Gasteiger partial charge in [-0.25, -0.2) is 4.68 Å². The van der Waals surface area contributed by atoms with Crippen molar-refractivity contribution in [1.29, 1.82) is 0 Å². The number of phenols is 3. The summed E-state index contributed by atoms with van der Waals surface area (Å²) < 4.78 is 1.48. The molecule has 0 unspecified atom stereocenters. The van der Waals surface area contributed by atoms with Crippen molar-refractivity contribution >= 4 is 11.6 Å². The topological polar surface area (TPSA) is 103 Å². The molecule has 0 bridgehead atoms. The van der Waals surface area contributed by atoms with Crippen molar-refractivity contribution in [1.82, 2.24) is 14.9 Å². The second-order valence-electron chi connectivity index (χ2n) is 4.88. The van der Waals surface area contributed by atoms with Gasteiger partial charge in [0.1, 0.15) is 29.9 Å². The van der Waals surface area contributed by atoms with E-state index in [4.69, 9.17) is 11.6 Å². The Morgan fingerprint density at radius 2 is 1.65 bits per heavy atom. The monoisotopic (exact) mass is 332 g/mol. The number of aromatic nitrogens is 3. The summed E-state index contributed by atoms with van der Waals surface area (Å²) in [4.78, 5) is 0. The van der Waals surface area contributed by atoms with E-state index in [1.165, 1.54) is 35.5 Å². The molecule has 1 aromatic heterocycles. The molecule has 0 amide bonds. The van der Waals surface area contributed by atoms with Crippen molar-refractivity contribution in [2.75, 3.05) is 5.43 Å². The molecule has 118 valence electrons. The number of aromatic hydroxyl groups is 3. The zero-order chi connectivity index (χ0) is 16.4. The highest BCUT2D eigenvalue weighted by Gasteiger charge is 2.22. The van der Waals surface area contributed by atoms with Crippen LogP contribution in [0.3, 0.4) is 0 Å². The van der Waals surface area contributed by atoms with E-state index in [1.54, 1.807) is 18.2 Å². The molecule has 23 heavy (non-hydrogen) atoms. The molecule has 3 aromatic rings. The fourth-order valence-electron chi connectivity index (χ4n) is 2.26. The highest BCUT2D eigenvalue weighted by Crippen LogP contribution is 2.37. The molecule has 0 aliphatic heterocycles. The first-order valence-corrected chi connectivity index (χ1v) is 7.04. The first-order valence-electron chi connectivity index (χ1n) is 6.66. The third-order valence-electron chi connectivity index (χ3n) is 3.32. The van der Waals surface area contributed by atoms with Gasteiger partial charge in [-0.15, -0.1) is 10.2 Å². The van der Waals surface area contributed by atoms with Crippen molar-refractivity contribution < 1.29 is 15.3 Å². The van der Waals surface area contributed by atoms with Crippen LogP contribution in [-0.4, -0.2) is 30.2 Å². The zero-order valence-electron chi connectivity index (χ0n) is 11.8. The number of benzene rings is 2. The predicted molar refractivity (Wildman–Crippen MR) is 84.1 cm³/mol. The lowest BCUT2D eigenvalue weighted by atomic mass is 9.97. The molecule has 7 nitrogen and oxygen atoms in total. The molecule has 3 rings (SSSR count). The summed E-state index contributed by atoms with van der Waals surface area (Å²) in [5.41, 5.74) is 3.94. The van der Waals surface area contributed by atoms with Gasteiger partial charge < -0.3 is 20.7 Å². The highest BCUT2D eigenvalue weighted by molar-refractivity contribution is 6.30. The maximum absolute atomic E-state index is 10.2. The minimum Gasteiger partial charge on any atom is -0.508 e. The van der Waals surface area contributed by atoms with E-state index in [0.717, 1.165) is 0 Å². The predicted octanol–water partition coefficient (Wildman–Crippen LogP) is 2.38. The molecule has 4 N–H and O–H groups in total. The third kappa shape index (κ3) is 3.14. The number of hydrogen-bond donors (Lipinski definition) is 4. The van der Waals surface area contributed by atoms with Gasteiger partial charge in [0.2, 0.25) is 0 Å². The summed E-state index contributed by atoms with van der Waals surface area (Å²) in [5.74, 6) is -0.188. The minimum atomic E-state index is -0.648. The Balaban J connectivity index is 2.11. The molecule has 0 spiro atoms. The van der Waals surface area contributed by atoms with Crippen LogP contribution in [0.15, 0.2) is 49.1 Å². The van der Waals surface area contributed by atoms with Gasteiger partial charge in [-0.1, -0.05) is 11.6 Å². The van der Waals surface area contributed by atoms with E-state index in [-0.39, 0.29) is 17.2 Å². The van der Waals surface area contributed by atoms with Crippen LogP contribution < -0.4 is 5.43 Å². The zero-order valence-corrected chi connectivity index (χ0v) is 12.5. The number of nitrogens with zero attached hydrogens (tertiary/aromatic N) is 3. The fourth-order valence-corrected chi connectivity index (χ4v) is 2.44.